The summed E-state index contributed by atoms with van der Waals surface area (Å²) in [5.74, 6) is 0.342. The zero-order valence-corrected chi connectivity index (χ0v) is 17.5. The number of carbonyl (C=O) groups is 2. The van der Waals surface area contributed by atoms with Crippen LogP contribution in [-0.2, 0) is 11.3 Å². The van der Waals surface area contributed by atoms with Crippen LogP contribution in [0.15, 0.2) is 72.8 Å². The van der Waals surface area contributed by atoms with Crippen LogP contribution in [0.5, 0.6) is 0 Å². The number of hydrogen-bond donors (Lipinski definition) is 2. The molecule has 0 bridgehead atoms. The Bertz CT molecular complexity index is 1040. The van der Waals surface area contributed by atoms with Crippen molar-refractivity contribution in [2.75, 3.05) is 6.54 Å². The molecule has 0 atom stereocenters. The monoisotopic (exact) mass is 400 g/mol. The van der Waals surface area contributed by atoms with Crippen molar-refractivity contribution in [1.29, 1.82) is 0 Å². The van der Waals surface area contributed by atoms with Crippen molar-refractivity contribution in [2.24, 2.45) is 5.92 Å². The molecule has 0 radical (unpaired) electrons. The quantitative estimate of drug-likeness (QED) is 0.526. The van der Waals surface area contributed by atoms with E-state index >= 15 is 0 Å². The third kappa shape index (κ3) is 6.31. The molecule has 0 aliphatic carbocycles. The summed E-state index contributed by atoms with van der Waals surface area (Å²) in [4.78, 5) is 24.3. The van der Waals surface area contributed by atoms with Gasteiger partial charge in [0.1, 0.15) is 0 Å². The number of amides is 2. The molecule has 0 aromatic heterocycles. The molecule has 30 heavy (non-hydrogen) atoms. The van der Waals surface area contributed by atoms with Gasteiger partial charge in [0.05, 0.1) is 0 Å². The number of benzene rings is 3. The van der Waals surface area contributed by atoms with E-state index in [0.29, 0.717) is 24.6 Å². The van der Waals surface area contributed by atoms with Gasteiger partial charge in [0.15, 0.2) is 0 Å². The van der Waals surface area contributed by atoms with Crippen molar-refractivity contribution in [3.63, 3.8) is 0 Å². The number of rotatable bonds is 8. The fourth-order valence-electron chi connectivity index (χ4n) is 3.08. The minimum absolute atomic E-state index is 0.0652. The number of carbonyl (C=O) groups excluding carboxylic acids is 2. The van der Waals surface area contributed by atoms with Crippen LogP contribution < -0.4 is 10.6 Å². The molecule has 3 rings (SSSR count). The highest BCUT2D eigenvalue weighted by Gasteiger charge is 2.05. The summed E-state index contributed by atoms with van der Waals surface area (Å²) in [5, 5.41) is 8.12. The Morgan fingerprint density at radius 1 is 0.900 bits per heavy atom. The Morgan fingerprint density at radius 3 is 2.37 bits per heavy atom. The normalized spacial score (nSPS) is 11.2. The molecule has 0 saturated carbocycles. The zero-order chi connectivity index (χ0) is 21.3. The predicted molar refractivity (Wildman–Crippen MR) is 123 cm³/mol. The van der Waals surface area contributed by atoms with Gasteiger partial charge in [-0.1, -0.05) is 62.4 Å². The molecule has 0 fully saturated rings. The lowest BCUT2D eigenvalue weighted by Crippen LogP contribution is -2.25. The standard InChI is InChI=1S/C26H28N2O2/c1-19(2)15-16-27-26(30)23-12-8-21(9-13-23)18-28-25(29)14-10-20-7-11-22-5-3-4-6-24(22)17-20/h3-14,17,19H,15-16,18H2,1-2H3,(H,27,30)(H,28,29)/b14-10+. The van der Waals surface area contributed by atoms with Gasteiger partial charge in [-0.05, 0) is 58.5 Å². The molecule has 0 saturated heterocycles. The first kappa shape index (κ1) is 21.3. The maximum Gasteiger partial charge on any atom is 0.251 e. The van der Waals surface area contributed by atoms with Crippen LogP contribution in [0, 0.1) is 5.92 Å². The molecule has 154 valence electrons. The van der Waals surface area contributed by atoms with Crippen LogP contribution in [0.1, 0.15) is 41.8 Å². The Labute approximate surface area is 178 Å². The first-order valence-electron chi connectivity index (χ1n) is 10.3. The minimum Gasteiger partial charge on any atom is -0.352 e. The smallest absolute Gasteiger partial charge is 0.251 e. The Balaban J connectivity index is 1.49. The molecule has 2 amide bonds. The van der Waals surface area contributed by atoms with Gasteiger partial charge >= 0.3 is 0 Å². The van der Waals surface area contributed by atoms with Crippen LogP contribution in [0.4, 0.5) is 0 Å². The van der Waals surface area contributed by atoms with Gasteiger partial charge in [-0.2, -0.15) is 0 Å². The SMILES string of the molecule is CC(C)CCNC(=O)c1ccc(CNC(=O)/C=C/c2ccc3ccccc3c2)cc1. The molecular weight excluding hydrogens is 372 g/mol. The van der Waals surface area contributed by atoms with Crippen molar-refractivity contribution in [1.82, 2.24) is 10.6 Å². The minimum atomic E-state index is -0.154. The predicted octanol–water partition coefficient (Wildman–Crippen LogP) is 4.95. The van der Waals surface area contributed by atoms with E-state index in [1.165, 1.54) is 5.39 Å². The van der Waals surface area contributed by atoms with E-state index in [1.54, 1.807) is 18.2 Å². The van der Waals surface area contributed by atoms with Gasteiger partial charge in [0, 0.05) is 24.7 Å². The highest BCUT2D eigenvalue weighted by molar-refractivity contribution is 5.94. The van der Waals surface area contributed by atoms with Crippen molar-refractivity contribution in [2.45, 2.75) is 26.8 Å². The van der Waals surface area contributed by atoms with Crippen molar-refractivity contribution >= 4 is 28.7 Å². The van der Waals surface area contributed by atoms with E-state index in [2.05, 4.69) is 42.7 Å². The topological polar surface area (TPSA) is 58.2 Å². The average Bonchev–Trinajstić information content (AvgIpc) is 2.76. The Hall–Kier alpha value is -3.40. The van der Waals surface area contributed by atoms with Crippen LogP contribution in [-0.4, -0.2) is 18.4 Å². The van der Waals surface area contributed by atoms with E-state index < -0.39 is 0 Å². The Morgan fingerprint density at radius 2 is 1.63 bits per heavy atom. The summed E-state index contributed by atoms with van der Waals surface area (Å²) >= 11 is 0. The van der Waals surface area contributed by atoms with Gasteiger partial charge < -0.3 is 10.6 Å². The molecule has 4 heteroatoms. The summed E-state index contributed by atoms with van der Waals surface area (Å²) in [5.41, 5.74) is 2.56. The summed E-state index contributed by atoms with van der Waals surface area (Å²) in [6, 6.07) is 21.6. The third-order valence-electron chi connectivity index (χ3n) is 4.89. The van der Waals surface area contributed by atoms with Crippen LogP contribution in [0.3, 0.4) is 0 Å². The lowest BCUT2D eigenvalue weighted by Gasteiger charge is -2.08. The fraction of sp³-hybridized carbons (Fsp3) is 0.231. The number of nitrogens with one attached hydrogen (secondary N) is 2. The molecule has 0 aliphatic heterocycles. The fourth-order valence-corrected chi connectivity index (χ4v) is 3.08. The molecule has 0 heterocycles. The molecule has 3 aromatic carbocycles. The van der Waals surface area contributed by atoms with Crippen LogP contribution in [0.25, 0.3) is 16.8 Å². The molecule has 0 unspecified atom stereocenters. The first-order valence-corrected chi connectivity index (χ1v) is 10.3. The second kappa shape index (κ2) is 10.4. The molecule has 2 N–H and O–H groups in total. The summed E-state index contributed by atoms with van der Waals surface area (Å²) < 4.78 is 0. The molecular formula is C26H28N2O2. The van der Waals surface area contributed by atoms with E-state index in [4.69, 9.17) is 0 Å². The largest absolute Gasteiger partial charge is 0.352 e. The van der Waals surface area contributed by atoms with Crippen LogP contribution in [0.2, 0.25) is 0 Å². The average molecular weight is 401 g/mol. The summed E-state index contributed by atoms with van der Waals surface area (Å²) in [6.45, 7) is 5.35. The second-order valence-electron chi connectivity index (χ2n) is 7.79. The second-order valence-corrected chi connectivity index (χ2v) is 7.79. The van der Waals surface area contributed by atoms with E-state index in [9.17, 15) is 9.59 Å². The number of fused-ring (bicyclic) bond motifs is 1. The van der Waals surface area contributed by atoms with Gasteiger partial charge in [-0.15, -0.1) is 0 Å². The van der Waals surface area contributed by atoms with Crippen molar-refractivity contribution in [3.05, 3.63) is 89.5 Å². The highest BCUT2D eigenvalue weighted by Crippen LogP contribution is 2.16. The van der Waals surface area contributed by atoms with Gasteiger partial charge in [0.2, 0.25) is 5.91 Å². The molecule has 0 aliphatic rings. The zero-order valence-electron chi connectivity index (χ0n) is 17.5. The molecule has 0 spiro atoms. The number of hydrogen-bond acceptors (Lipinski definition) is 2. The molecule has 3 aromatic rings. The van der Waals surface area contributed by atoms with Gasteiger partial charge in [-0.25, -0.2) is 0 Å². The van der Waals surface area contributed by atoms with E-state index in [1.807, 2.05) is 42.5 Å². The lowest BCUT2D eigenvalue weighted by molar-refractivity contribution is -0.116. The van der Waals surface area contributed by atoms with Crippen molar-refractivity contribution < 1.29 is 9.59 Å². The summed E-state index contributed by atoms with van der Waals surface area (Å²) in [6.07, 6.45) is 4.32. The maximum atomic E-state index is 12.1. The van der Waals surface area contributed by atoms with Gasteiger partial charge in [-0.3, -0.25) is 9.59 Å². The third-order valence-corrected chi connectivity index (χ3v) is 4.89. The highest BCUT2D eigenvalue weighted by atomic mass is 16.2. The van der Waals surface area contributed by atoms with E-state index in [-0.39, 0.29) is 11.8 Å². The molecule has 4 nitrogen and oxygen atoms in total. The van der Waals surface area contributed by atoms with Crippen molar-refractivity contribution in [3.8, 4) is 0 Å². The summed E-state index contributed by atoms with van der Waals surface area (Å²) in [7, 11) is 0. The lowest BCUT2D eigenvalue weighted by atomic mass is 10.1. The first-order chi connectivity index (χ1) is 14.5. The maximum absolute atomic E-state index is 12.1. The van der Waals surface area contributed by atoms with Gasteiger partial charge in [0.25, 0.3) is 5.91 Å². The Kier molecular flexibility index (Phi) is 7.39. The van der Waals surface area contributed by atoms with Crippen LogP contribution >= 0.6 is 0 Å². The van der Waals surface area contributed by atoms with E-state index in [0.717, 1.165) is 22.9 Å².